The van der Waals surface area contributed by atoms with Gasteiger partial charge in [0, 0.05) is 13.1 Å². The molecular weight excluding hydrogens is 246 g/mol. The molecule has 0 spiro atoms. The fraction of sp³-hybridized carbons (Fsp3) is 0.538. The van der Waals surface area contributed by atoms with Gasteiger partial charge in [-0.1, -0.05) is 19.8 Å². The van der Waals surface area contributed by atoms with Crippen LogP contribution in [-0.2, 0) is 6.54 Å². The van der Waals surface area contributed by atoms with Crippen molar-refractivity contribution >= 4 is 21.6 Å². The molecule has 0 radical (unpaired) electrons. The largest absolute Gasteiger partial charge is 0.315 e. The summed E-state index contributed by atoms with van der Waals surface area (Å²) in [5.41, 5.74) is 0.877. The van der Waals surface area contributed by atoms with Crippen LogP contribution in [0.25, 0.3) is 10.2 Å². The molecular formula is C13H19N3OS. The van der Waals surface area contributed by atoms with Crippen molar-refractivity contribution in [3.05, 3.63) is 28.1 Å². The molecule has 0 fully saturated rings. The highest BCUT2D eigenvalue weighted by Gasteiger charge is 2.04. The number of hydrogen-bond donors (Lipinski definition) is 1. The summed E-state index contributed by atoms with van der Waals surface area (Å²) in [6.07, 6.45) is 5.34. The van der Waals surface area contributed by atoms with Gasteiger partial charge in [-0.25, -0.2) is 4.98 Å². The van der Waals surface area contributed by atoms with Crippen molar-refractivity contribution in [1.29, 1.82) is 0 Å². The molecule has 1 N–H and O–H groups in total. The van der Waals surface area contributed by atoms with Gasteiger partial charge in [-0.3, -0.25) is 9.36 Å². The Morgan fingerprint density at radius 3 is 3.11 bits per heavy atom. The Kier molecular flexibility index (Phi) is 4.90. The van der Waals surface area contributed by atoms with Gasteiger partial charge in [-0.05, 0) is 24.4 Å². The van der Waals surface area contributed by atoms with Crippen molar-refractivity contribution in [2.45, 2.75) is 32.7 Å². The van der Waals surface area contributed by atoms with Crippen molar-refractivity contribution in [3.63, 3.8) is 0 Å². The molecule has 2 heterocycles. The average molecular weight is 265 g/mol. The average Bonchev–Trinajstić information content (AvgIpc) is 2.85. The molecule has 0 amide bonds. The molecule has 4 nitrogen and oxygen atoms in total. The number of fused-ring (bicyclic) bond motifs is 1. The second-order valence-electron chi connectivity index (χ2n) is 4.34. The molecule has 2 aromatic heterocycles. The van der Waals surface area contributed by atoms with E-state index in [1.165, 1.54) is 30.6 Å². The number of nitrogens with one attached hydrogen (secondary N) is 1. The molecule has 0 aliphatic heterocycles. The van der Waals surface area contributed by atoms with Crippen molar-refractivity contribution in [2.75, 3.05) is 13.1 Å². The summed E-state index contributed by atoms with van der Waals surface area (Å²) in [5, 5.41) is 5.26. The first-order valence-electron chi connectivity index (χ1n) is 6.46. The third-order valence-electron chi connectivity index (χ3n) is 2.92. The lowest BCUT2D eigenvalue weighted by Crippen LogP contribution is -2.27. The topological polar surface area (TPSA) is 46.9 Å². The van der Waals surface area contributed by atoms with Crippen LogP contribution in [0, 0.1) is 0 Å². The fourth-order valence-corrected chi connectivity index (χ4v) is 2.66. The van der Waals surface area contributed by atoms with Gasteiger partial charge in [0.1, 0.15) is 4.70 Å². The molecule has 18 heavy (non-hydrogen) atoms. The quantitative estimate of drug-likeness (QED) is 0.781. The first-order chi connectivity index (χ1) is 8.83. The van der Waals surface area contributed by atoms with Crippen molar-refractivity contribution < 1.29 is 0 Å². The van der Waals surface area contributed by atoms with Crippen molar-refractivity contribution in [2.24, 2.45) is 0 Å². The zero-order chi connectivity index (χ0) is 12.8. The van der Waals surface area contributed by atoms with Crippen molar-refractivity contribution in [3.8, 4) is 0 Å². The Hall–Kier alpha value is -1.20. The Morgan fingerprint density at radius 2 is 2.28 bits per heavy atom. The zero-order valence-corrected chi connectivity index (χ0v) is 11.5. The van der Waals surface area contributed by atoms with Crippen LogP contribution in [-0.4, -0.2) is 22.6 Å². The predicted molar refractivity (Wildman–Crippen MR) is 76.3 cm³/mol. The third kappa shape index (κ3) is 3.17. The molecule has 2 rings (SSSR count). The Bertz CT molecular complexity index is 546. The summed E-state index contributed by atoms with van der Waals surface area (Å²) >= 11 is 1.46. The van der Waals surface area contributed by atoms with E-state index in [2.05, 4.69) is 17.2 Å². The second-order valence-corrected chi connectivity index (χ2v) is 5.25. The molecule has 0 unspecified atom stereocenters. The minimum Gasteiger partial charge on any atom is -0.315 e. The van der Waals surface area contributed by atoms with Crippen LogP contribution in [0.2, 0.25) is 0 Å². The van der Waals surface area contributed by atoms with Crippen LogP contribution < -0.4 is 10.9 Å². The Balaban J connectivity index is 1.88. The fourth-order valence-electron chi connectivity index (χ4n) is 1.86. The first kappa shape index (κ1) is 13.2. The zero-order valence-electron chi connectivity index (χ0n) is 10.7. The van der Waals surface area contributed by atoms with E-state index in [0.717, 1.165) is 23.3 Å². The molecule has 0 saturated carbocycles. The highest BCUT2D eigenvalue weighted by Crippen LogP contribution is 2.12. The molecule has 0 aliphatic rings. The van der Waals surface area contributed by atoms with Crippen LogP contribution >= 0.6 is 11.3 Å². The SMILES string of the molecule is CCCCCNCCn1cnc2ccsc2c1=O. The van der Waals surface area contributed by atoms with E-state index in [9.17, 15) is 4.79 Å². The summed E-state index contributed by atoms with van der Waals surface area (Å²) in [6, 6.07) is 1.88. The highest BCUT2D eigenvalue weighted by molar-refractivity contribution is 7.17. The maximum Gasteiger partial charge on any atom is 0.271 e. The van der Waals surface area contributed by atoms with Gasteiger partial charge in [-0.15, -0.1) is 11.3 Å². The van der Waals surface area contributed by atoms with Crippen LogP contribution in [0.1, 0.15) is 26.2 Å². The smallest absolute Gasteiger partial charge is 0.271 e. The van der Waals surface area contributed by atoms with E-state index in [1.54, 1.807) is 10.9 Å². The van der Waals surface area contributed by atoms with Crippen molar-refractivity contribution in [1.82, 2.24) is 14.9 Å². The van der Waals surface area contributed by atoms with E-state index < -0.39 is 0 Å². The Morgan fingerprint density at radius 1 is 1.39 bits per heavy atom. The molecule has 2 aromatic rings. The monoisotopic (exact) mass is 265 g/mol. The second kappa shape index (κ2) is 6.66. The van der Waals surface area contributed by atoms with Gasteiger partial charge in [0.25, 0.3) is 5.56 Å². The van der Waals surface area contributed by atoms with Gasteiger partial charge < -0.3 is 5.32 Å². The van der Waals surface area contributed by atoms with E-state index in [0.29, 0.717) is 6.54 Å². The normalized spacial score (nSPS) is 11.2. The molecule has 5 heteroatoms. The molecule has 0 bridgehead atoms. The lowest BCUT2D eigenvalue weighted by atomic mass is 10.2. The lowest BCUT2D eigenvalue weighted by molar-refractivity contribution is 0.559. The first-order valence-corrected chi connectivity index (χ1v) is 7.34. The van der Waals surface area contributed by atoms with Gasteiger partial charge >= 0.3 is 0 Å². The summed E-state index contributed by atoms with van der Waals surface area (Å²) < 4.78 is 2.44. The molecule has 0 saturated heterocycles. The van der Waals surface area contributed by atoms with E-state index in [1.807, 2.05) is 11.4 Å². The van der Waals surface area contributed by atoms with Gasteiger partial charge in [0.15, 0.2) is 0 Å². The maximum absolute atomic E-state index is 12.1. The van der Waals surface area contributed by atoms with Gasteiger partial charge in [-0.2, -0.15) is 0 Å². The van der Waals surface area contributed by atoms with Crippen LogP contribution in [0.15, 0.2) is 22.6 Å². The molecule has 0 aromatic carbocycles. The summed E-state index contributed by atoms with van der Waals surface area (Å²) in [6.45, 7) is 4.73. The molecule has 0 aliphatic carbocycles. The highest BCUT2D eigenvalue weighted by atomic mass is 32.1. The lowest BCUT2D eigenvalue weighted by Gasteiger charge is -2.06. The molecule has 0 atom stereocenters. The van der Waals surface area contributed by atoms with Gasteiger partial charge in [0.05, 0.1) is 11.8 Å². The summed E-state index contributed by atoms with van der Waals surface area (Å²) in [4.78, 5) is 16.3. The Labute approximate surface area is 111 Å². The third-order valence-corrected chi connectivity index (χ3v) is 3.81. The number of rotatable bonds is 7. The van der Waals surface area contributed by atoms with Crippen LogP contribution in [0.4, 0.5) is 0 Å². The minimum absolute atomic E-state index is 0.0744. The van der Waals surface area contributed by atoms with Gasteiger partial charge in [0.2, 0.25) is 0 Å². The predicted octanol–water partition coefficient (Wildman–Crippen LogP) is 2.24. The number of nitrogens with zero attached hydrogens (tertiary/aromatic N) is 2. The summed E-state index contributed by atoms with van der Waals surface area (Å²) in [7, 11) is 0. The minimum atomic E-state index is 0.0744. The van der Waals surface area contributed by atoms with Crippen LogP contribution in [0.3, 0.4) is 0 Å². The standard InChI is InChI=1S/C13H19N3OS/c1-2-3-4-6-14-7-8-16-10-15-11-5-9-18-12(11)13(16)17/h5,9-10,14H,2-4,6-8H2,1H3. The summed E-state index contributed by atoms with van der Waals surface area (Å²) in [5.74, 6) is 0. The number of aromatic nitrogens is 2. The number of hydrogen-bond acceptors (Lipinski definition) is 4. The molecule has 98 valence electrons. The number of thiophene rings is 1. The van der Waals surface area contributed by atoms with E-state index >= 15 is 0 Å². The van der Waals surface area contributed by atoms with E-state index in [4.69, 9.17) is 0 Å². The maximum atomic E-state index is 12.1. The number of unbranched alkanes of at least 4 members (excludes halogenated alkanes) is 2. The van der Waals surface area contributed by atoms with E-state index in [-0.39, 0.29) is 5.56 Å². The van der Waals surface area contributed by atoms with Crippen LogP contribution in [0.5, 0.6) is 0 Å².